The molecule has 2 N–H and O–H groups in total. The molecule has 0 radical (unpaired) electrons. The van der Waals surface area contributed by atoms with E-state index in [0.29, 0.717) is 11.3 Å². The molecule has 0 spiro atoms. The molecule has 0 saturated heterocycles. The molecule has 0 fully saturated rings. The molecule has 0 aliphatic carbocycles. The van der Waals surface area contributed by atoms with Crippen LogP contribution in [0, 0.1) is 0 Å². The zero-order valence-corrected chi connectivity index (χ0v) is 7.26. The summed E-state index contributed by atoms with van der Waals surface area (Å²) in [5, 5.41) is 0. The fourth-order valence-electron chi connectivity index (χ4n) is 1.10. The van der Waals surface area contributed by atoms with E-state index < -0.39 is 6.43 Å². The Morgan fingerprint density at radius 1 is 1.46 bits per heavy atom. The first-order chi connectivity index (χ1) is 6.19. The highest BCUT2D eigenvalue weighted by atomic mass is 19.3. The molecule has 4 heteroatoms. The smallest absolute Gasteiger partial charge is 0.264 e. The van der Waals surface area contributed by atoms with Gasteiger partial charge in [-0.15, -0.1) is 0 Å². The number of halogens is 2. The van der Waals surface area contributed by atoms with Crippen molar-refractivity contribution in [3.8, 4) is 5.75 Å². The summed E-state index contributed by atoms with van der Waals surface area (Å²) in [5.41, 5.74) is 5.72. The van der Waals surface area contributed by atoms with Gasteiger partial charge in [0.15, 0.2) is 0 Å². The lowest BCUT2D eigenvalue weighted by Gasteiger charge is -2.08. The molecule has 0 aliphatic rings. The highest BCUT2D eigenvalue weighted by Gasteiger charge is 2.12. The second-order valence-corrected chi connectivity index (χ2v) is 2.57. The third kappa shape index (κ3) is 2.15. The van der Waals surface area contributed by atoms with E-state index in [1.807, 2.05) is 0 Å². The van der Waals surface area contributed by atoms with Crippen molar-refractivity contribution >= 4 is 0 Å². The van der Waals surface area contributed by atoms with Gasteiger partial charge in [-0.1, -0.05) is 0 Å². The fourth-order valence-corrected chi connectivity index (χ4v) is 1.10. The second kappa shape index (κ2) is 4.18. The van der Waals surface area contributed by atoms with E-state index in [4.69, 9.17) is 10.5 Å². The number of rotatable bonds is 3. The molecule has 0 unspecified atom stereocenters. The molecule has 0 saturated carbocycles. The van der Waals surface area contributed by atoms with Crippen LogP contribution in [0.15, 0.2) is 18.2 Å². The highest BCUT2D eigenvalue weighted by molar-refractivity contribution is 5.36. The van der Waals surface area contributed by atoms with Crippen LogP contribution >= 0.6 is 0 Å². The first-order valence-corrected chi connectivity index (χ1v) is 3.84. The average molecular weight is 187 g/mol. The van der Waals surface area contributed by atoms with Gasteiger partial charge >= 0.3 is 0 Å². The minimum Gasteiger partial charge on any atom is -0.497 e. The largest absolute Gasteiger partial charge is 0.497 e. The molecule has 0 aromatic heterocycles. The summed E-state index contributed by atoms with van der Waals surface area (Å²) in [4.78, 5) is 0. The van der Waals surface area contributed by atoms with Gasteiger partial charge in [0, 0.05) is 12.1 Å². The number of benzene rings is 1. The monoisotopic (exact) mass is 187 g/mol. The Balaban J connectivity index is 3.08. The summed E-state index contributed by atoms with van der Waals surface area (Å²) < 4.78 is 29.6. The lowest BCUT2D eigenvalue weighted by Crippen LogP contribution is -2.02. The summed E-state index contributed by atoms with van der Waals surface area (Å²) in [6, 6.07) is 4.37. The topological polar surface area (TPSA) is 35.2 Å². The molecule has 72 valence electrons. The fraction of sp³-hybridized carbons (Fsp3) is 0.333. The molecule has 2 nitrogen and oxygen atoms in total. The van der Waals surface area contributed by atoms with Gasteiger partial charge in [-0.3, -0.25) is 0 Å². The molecule has 0 atom stereocenters. The summed E-state index contributed by atoms with van der Waals surface area (Å²) in [6.07, 6.45) is -2.48. The third-order valence-corrected chi connectivity index (χ3v) is 1.81. The van der Waals surface area contributed by atoms with Crippen LogP contribution < -0.4 is 10.5 Å². The minimum atomic E-state index is -2.48. The molecular weight excluding hydrogens is 176 g/mol. The van der Waals surface area contributed by atoms with E-state index in [9.17, 15) is 8.78 Å². The van der Waals surface area contributed by atoms with Gasteiger partial charge in [0.05, 0.1) is 7.11 Å². The van der Waals surface area contributed by atoms with Crippen LogP contribution in [0.5, 0.6) is 5.75 Å². The first kappa shape index (κ1) is 9.92. The molecule has 0 bridgehead atoms. The van der Waals surface area contributed by atoms with Crippen LogP contribution in [0.4, 0.5) is 8.78 Å². The van der Waals surface area contributed by atoms with Crippen LogP contribution in [0.25, 0.3) is 0 Å². The van der Waals surface area contributed by atoms with Crippen molar-refractivity contribution in [3.63, 3.8) is 0 Å². The van der Waals surface area contributed by atoms with E-state index in [2.05, 4.69) is 0 Å². The van der Waals surface area contributed by atoms with Crippen LogP contribution in [-0.2, 0) is 6.54 Å². The van der Waals surface area contributed by atoms with Gasteiger partial charge in [-0.05, 0) is 23.8 Å². The van der Waals surface area contributed by atoms with Crippen LogP contribution in [0.3, 0.4) is 0 Å². The molecule has 1 rings (SSSR count). The Kier molecular flexibility index (Phi) is 3.19. The number of hydrogen-bond donors (Lipinski definition) is 1. The second-order valence-electron chi connectivity index (χ2n) is 2.57. The Labute approximate surface area is 75.3 Å². The number of nitrogens with two attached hydrogens (primary N) is 1. The molecule has 1 aromatic carbocycles. The summed E-state index contributed by atoms with van der Waals surface area (Å²) >= 11 is 0. The van der Waals surface area contributed by atoms with Crippen LogP contribution in [0.2, 0.25) is 0 Å². The van der Waals surface area contributed by atoms with E-state index in [-0.39, 0.29) is 12.1 Å². The van der Waals surface area contributed by atoms with Crippen molar-refractivity contribution in [2.24, 2.45) is 5.73 Å². The Morgan fingerprint density at radius 3 is 2.62 bits per heavy atom. The van der Waals surface area contributed by atoms with Gasteiger partial charge in [0.1, 0.15) is 5.75 Å². The van der Waals surface area contributed by atoms with Crippen molar-refractivity contribution in [1.82, 2.24) is 0 Å². The van der Waals surface area contributed by atoms with Crippen molar-refractivity contribution in [2.75, 3.05) is 7.11 Å². The van der Waals surface area contributed by atoms with Gasteiger partial charge in [-0.25, -0.2) is 8.78 Å². The molecule has 0 aliphatic heterocycles. The third-order valence-electron chi connectivity index (χ3n) is 1.81. The minimum absolute atomic E-state index is 0.0247. The van der Waals surface area contributed by atoms with Gasteiger partial charge < -0.3 is 10.5 Å². The number of ether oxygens (including phenoxy) is 1. The zero-order valence-electron chi connectivity index (χ0n) is 7.26. The van der Waals surface area contributed by atoms with Crippen LogP contribution in [0.1, 0.15) is 17.6 Å². The van der Waals surface area contributed by atoms with Gasteiger partial charge in [-0.2, -0.15) is 0 Å². The predicted octanol–water partition coefficient (Wildman–Crippen LogP) is 2.09. The number of methoxy groups -OCH3 is 1. The Morgan fingerprint density at radius 2 is 2.15 bits per heavy atom. The van der Waals surface area contributed by atoms with Crippen molar-refractivity contribution in [3.05, 3.63) is 29.3 Å². The summed E-state index contributed by atoms with van der Waals surface area (Å²) in [6.45, 7) is 0.0941. The standard InChI is InChI=1S/C9H11F2NO/c1-13-7-2-3-8(9(10)11)6(4-7)5-12/h2-4,9H,5,12H2,1H3. The molecule has 1 aromatic rings. The zero-order chi connectivity index (χ0) is 9.84. The van der Waals surface area contributed by atoms with Crippen molar-refractivity contribution in [1.29, 1.82) is 0 Å². The predicted molar refractivity (Wildman–Crippen MR) is 45.8 cm³/mol. The maximum Gasteiger partial charge on any atom is 0.264 e. The maximum atomic E-state index is 12.4. The summed E-state index contributed by atoms with van der Waals surface area (Å²) in [7, 11) is 1.48. The van der Waals surface area contributed by atoms with Gasteiger partial charge in [0.25, 0.3) is 6.43 Å². The highest BCUT2D eigenvalue weighted by Crippen LogP contribution is 2.25. The molecular formula is C9H11F2NO. The normalized spacial score (nSPS) is 10.5. The SMILES string of the molecule is COc1ccc(C(F)F)c(CN)c1. The van der Waals surface area contributed by atoms with E-state index in [1.54, 1.807) is 0 Å². The molecule has 0 heterocycles. The maximum absolute atomic E-state index is 12.4. The van der Waals surface area contributed by atoms with E-state index in [0.717, 1.165) is 0 Å². The summed E-state index contributed by atoms with van der Waals surface area (Å²) in [5.74, 6) is 0.546. The Hall–Kier alpha value is -1.16. The Bertz CT molecular complexity index is 289. The van der Waals surface area contributed by atoms with E-state index >= 15 is 0 Å². The lowest BCUT2D eigenvalue weighted by molar-refractivity contribution is 0.150. The molecule has 0 amide bonds. The number of hydrogen-bond acceptors (Lipinski definition) is 2. The van der Waals surface area contributed by atoms with E-state index in [1.165, 1.54) is 25.3 Å². The van der Waals surface area contributed by atoms with Gasteiger partial charge in [0.2, 0.25) is 0 Å². The van der Waals surface area contributed by atoms with Crippen molar-refractivity contribution in [2.45, 2.75) is 13.0 Å². The molecule has 13 heavy (non-hydrogen) atoms. The van der Waals surface area contributed by atoms with Crippen LogP contribution in [-0.4, -0.2) is 7.11 Å². The average Bonchev–Trinajstić information content (AvgIpc) is 2.16. The quantitative estimate of drug-likeness (QED) is 0.786. The number of alkyl halides is 2. The van der Waals surface area contributed by atoms with Crippen molar-refractivity contribution < 1.29 is 13.5 Å². The first-order valence-electron chi connectivity index (χ1n) is 3.84. The lowest BCUT2D eigenvalue weighted by atomic mass is 10.1.